The van der Waals surface area contributed by atoms with E-state index >= 15 is 0 Å². The fourth-order valence-electron chi connectivity index (χ4n) is 8.02. The molecule has 14 nitrogen and oxygen atoms in total. The average molecular weight is 891 g/mol. The van der Waals surface area contributed by atoms with Gasteiger partial charge < -0.3 is 39.5 Å². The monoisotopic (exact) mass is 888 g/mol. The molecule has 0 unspecified atom stereocenters. The zero-order chi connectivity index (χ0) is 39.1. The summed E-state index contributed by atoms with van der Waals surface area (Å²) in [4.78, 5) is 74.7. The molecule has 2 aromatic rings. The lowest BCUT2D eigenvalue weighted by atomic mass is 10.0. The summed E-state index contributed by atoms with van der Waals surface area (Å²) in [5.41, 5.74) is 2.64. The summed E-state index contributed by atoms with van der Waals surface area (Å²) in [6, 6.07) is 11.4. The van der Waals surface area contributed by atoms with Crippen LogP contribution in [0.3, 0.4) is 0 Å². The molecule has 3 saturated heterocycles. The van der Waals surface area contributed by atoms with Gasteiger partial charge in [-0.2, -0.15) is 0 Å². The molecule has 0 bridgehead atoms. The minimum absolute atomic E-state index is 0.0252. The Hall–Kier alpha value is -3.89. The molecule has 0 radical (unpaired) electrons. The van der Waals surface area contributed by atoms with E-state index in [9.17, 15) is 29.1 Å². The van der Waals surface area contributed by atoms with Gasteiger partial charge >= 0.3 is 18.1 Å². The van der Waals surface area contributed by atoms with Gasteiger partial charge in [0.05, 0.1) is 22.0 Å². The van der Waals surface area contributed by atoms with E-state index in [1.54, 1.807) is 28.9 Å². The highest BCUT2D eigenvalue weighted by atomic mass is 79.9. The molecule has 1 atom stereocenters. The minimum atomic E-state index is -1.08. The van der Waals surface area contributed by atoms with Crippen molar-refractivity contribution in [2.45, 2.75) is 76.5 Å². The Morgan fingerprint density at radius 1 is 0.836 bits per heavy atom. The summed E-state index contributed by atoms with van der Waals surface area (Å²) in [6.07, 6.45) is 2.28. The molecule has 4 heterocycles. The lowest BCUT2D eigenvalue weighted by Crippen LogP contribution is -2.57. The van der Waals surface area contributed by atoms with Crippen molar-refractivity contribution < 1.29 is 38.6 Å². The van der Waals surface area contributed by atoms with Crippen molar-refractivity contribution in [3.8, 4) is 5.75 Å². The second kappa shape index (κ2) is 18.8. The molecular weight excluding hydrogens is 840 g/mol. The van der Waals surface area contributed by atoms with Crippen LogP contribution in [0.2, 0.25) is 0 Å². The number of hydrogen-bond donors (Lipinski definition) is 2. The van der Waals surface area contributed by atoms with Crippen molar-refractivity contribution >= 4 is 67.5 Å². The Kier molecular flexibility index (Phi) is 14.0. The van der Waals surface area contributed by atoms with Gasteiger partial charge in [0.1, 0.15) is 5.75 Å². The first-order chi connectivity index (χ1) is 26.5. The number of nitrogens with one attached hydrogen (secondary N) is 1. The van der Waals surface area contributed by atoms with Crippen LogP contribution in [0.4, 0.5) is 15.3 Å². The maximum atomic E-state index is 14.1. The third kappa shape index (κ3) is 10.3. The van der Waals surface area contributed by atoms with Gasteiger partial charge in [-0.25, -0.2) is 9.59 Å². The van der Waals surface area contributed by atoms with E-state index in [0.29, 0.717) is 92.9 Å². The fourth-order valence-corrected chi connectivity index (χ4v) is 9.30. The lowest BCUT2D eigenvalue weighted by molar-refractivity contribution is -0.146. The fraction of sp³-hybridized carbons (Fsp3) is 0.564. The molecule has 0 aliphatic carbocycles. The minimum Gasteiger partial charge on any atom is -0.506 e. The summed E-state index contributed by atoms with van der Waals surface area (Å²) >= 11 is 6.75. The van der Waals surface area contributed by atoms with Gasteiger partial charge in [0.25, 0.3) is 5.91 Å². The van der Waals surface area contributed by atoms with Crippen molar-refractivity contribution in [1.29, 1.82) is 0 Å². The molecule has 4 aliphatic rings. The standard InChI is InChI=1S/C39H50Br2N6O8/c1-2-54-35(49)8-7-34(48)44-14-10-28(11-15-44)43-19-21-45(22-20-43)37(51)33(25-26-23-30(40)36(50)31(41)24-26)55-39(53)46-16-12-29(13-17-46)47-18-9-27-5-3-4-6-32(27)42-38(47)52/h3-6,23-24,28-29,33,50H,2,7-22,25H2,1H3,(H,42,52)/t33-/m1/s1. The topological polar surface area (TPSA) is 152 Å². The van der Waals surface area contributed by atoms with E-state index in [2.05, 4.69) is 42.1 Å². The van der Waals surface area contributed by atoms with Crippen LogP contribution in [-0.2, 0) is 36.7 Å². The van der Waals surface area contributed by atoms with E-state index < -0.39 is 12.2 Å². The van der Waals surface area contributed by atoms with Crippen LogP contribution in [0.15, 0.2) is 45.3 Å². The molecule has 298 valence electrons. The highest BCUT2D eigenvalue weighted by molar-refractivity contribution is 9.11. The molecule has 16 heteroatoms. The number of carbonyl (C=O) groups is 5. The van der Waals surface area contributed by atoms with Gasteiger partial charge in [-0.15, -0.1) is 0 Å². The van der Waals surface area contributed by atoms with Gasteiger partial charge in [-0.05, 0) is 100 Å². The van der Waals surface area contributed by atoms with Crippen LogP contribution in [0.5, 0.6) is 5.75 Å². The number of piperazine rings is 1. The third-order valence-electron chi connectivity index (χ3n) is 11.1. The number of ether oxygens (including phenoxy) is 2. The smallest absolute Gasteiger partial charge is 0.410 e. The van der Waals surface area contributed by atoms with Crippen molar-refractivity contribution in [3.63, 3.8) is 0 Å². The molecule has 55 heavy (non-hydrogen) atoms. The number of halogens is 2. The first-order valence-corrected chi connectivity index (χ1v) is 20.8. The number of nitrogens with zero attached hydrogens (tertiary/aromatic N) is 5. The van der Waals surface area contributed by atoms with E-state index in [1.807, 2.05) is 34.1 Å². The second-order valence-electron chi connectivity index (χ2n) is 14.5. The van der Waals surface area contributed by atoms with Crippen LogP contribution in [0, 0.1) is 0 Å². The highest BCUT2D eigenvalue weighted by Gasteiger charge is 2.37. The average Bonchev–Trinajstić information content (AvgIpc) is 3.36. The van der Waals surface area contributed by atoms with E-state index in [1.165, 1.54) is 0 Å². The molecule has 2 N–H and O–H groups in total. The van der Waals surface area contributed by atoms with Crippen LogP contribution in [0.1, 0.15) is 56.6 Å². The largest absolute Gasteiger partial charge is 0.506 e. The molecule has 0 aromatic heterocycles. The Bertz CT molecular complexity index is 1700. The number of amides is 5. The SMILES string of the molecule is CCOC(=O)CCC(=O)N1CCC(N2CCN(C(=O)[C@@H](Cc3cc(Br)c(O)c(Br)c3)OC(=O)N3CCC(N4CCc5ccccc5NC4=O)CC3)CC2)CC1. The van der Waals surface area contributed by atoms with E-state index in [4.69, 9.17) is 9.47 Å². The van der Waals surface area contributed by atoms with Crippen LogP contribution in [-0.4, -0.2) is 143 Å². The maximum absolute atomic E-state index is 14.1. The molecule has 0 spiro atoms. The molecule has 4 aliphatic heterocycles. The second-order valence-corrected chi connectivity index (χ2v) is 16.2. The van der Waals surface area contributed by atoms with Crippen LogP contribution >= 0.6 is 31.9 Å². The summed E-state index contributed by atoms with van der Waals surface area (Å²) in [5, 5.41) is 13.3. The number of phenols is 1. The Balaban J connectivity index is 1.03. The van der Waals surface area contributed by atoms with Gasteiger partial charge in [0.2, 0.25) is 5.91 Å². The predicted molar refractivity (Wildman–Crippen MR) is 212 cm³/mol. The maximum Gasteiger partial charge on any atom is 0.410 e. The Morgan fingerprint density at radius 2 is 1.47 bits per heavy atom. The molecule has 6 rings (SSSR count). The number of likely N-dealkylation sites (tertiary alicyclic amines) is 2. The van der Waals surface area contributed by atoms with Gasteiger partial charge in [-0.1, -0.05) is 18.2 Å². The third-order valence-corrected chi connectivity index (χ3v) is 12.3. The molecule has 3 fully saturated rings. The number of esters is 1. The number of rotatable bonds is 10. The number of benzene rings is 2. The van der Waals surface area contributed by atoms with Gasteiger partial charge in [-0.3, -0.25) is 19.3 Å². The molecule has 0 saturated carbocycles. The number of urea groups is 1. The first kappa shape index (κ1) is 40.8. The van der Waals surface area contributed by atoms with Gasteiger partial charge in [0, 0.05) is 89.5 Å². The first-order valence-electron chi connectivity index (χ1n) is 19.2. The number of phenolic OH excluding ortho intramolecular Hbond substituents is 1. The number of hydrogen-bond acceptors (Lipinski definition) is 9. The van der Waals surface area contributed by atoms with Crippen molar-refractivity contribution in [1.82, 2.24) is 24.5 Å². The Morgan fingerprint density at radius 3 is 2.15 bits per heavy atom. The van der Waals surface area contributed by atoms with Gasteiger partial charge in [0.15, 0.2) is 6.10 Å². The normalized spacial score (nSPS) is 19.3. The summed E-state index contributed by atoms with van der Waals surface area (Å²) in [5.74, 6) is -0.621. The number of fused-ring (bicyclic) bond motifs is 1. The van der Waals surface area contributed by atoms with Crippen LogP contribution < -0.4 is 5.32 Å². The highest BCUT2D eigenvalue weighted by Crippen LogP contribution is 2.34. The lowest BCUT2D eigenvalue weighted by Gasteiger charge is -2.43. The van der Waals surface area contributed by atoms with E-state index in [0.717, 1.165) is 30.5 Å². The summed E-state index contributed by atoms with van der Waals surface area (Å²) in [7, 11) is 0. The number of para-hydroxylation sites is 1. The zero-order valence-corrected chi connectivity index (χ0v) is 34.4. The number of carbonyl (C=O) groups excluding carboxylic acids is 5. The van der Waals surface area contributed by atoms with Crippen LogP contribution in [0.25, 0.3) is 0 Å². The molecule has 2 aromatic carbocycles. The number of piperidine rings is 2. The van der Waals surface area contributed by atoms with Crippen molar-refractivity contribution in [2.75, 3.05) is 70.8 Å². The number of anilines is 1. The zero-order valence-electron chi connectivity index (χ0n) is 31.2. The molecular formula is C39H50Br2N6O8. The predicted octanol–water partition coefficient (Wildman–Crippen LogP) is 5.00. The summed E-state index contributed by atoms with van der Waals surface area (Å²) in [6.45, 7) is 6.94. The van der Waals surface area contributed by atoms with Crippen molar-refractivity contribution in [2.24, 2.45) is 0 Å². The molecule has 5 amide bonds. The Labute approximate surface area is 338 Å². The quantitative estimate of drug-likeness (QED) is 0.314. The van der Waals surface area contributed by atoms with E-state index in [-0.39, 0.29) is 60.9 Å². The van der Waals surface area contributed by atoms with Crippen molar-refractivity contribution in [3.05, 3.63) is 56.5 Å². The number of aromatic hydroxyl groups is 1. The summed E-state index contributed by atoms with van der Waals surface area (Å²) < 4.78 is 11.9.